The van der Waals surface area contributed by atoms with Crippen molar-refractivity contribution in [3.63, 3.8) is 0 Å². The molecular formula is C9H16N2O. The van der Waals surface area contributed by atoms with Crippen molar-refractivity contribution in [3.05, 3.63) is 12.7 Å². The van der Waals surface area contributed by atoms with Gasteiger partial charge < -0.3 is 10.6 Å². The zero-order valence-corrected chi connectivity index (χ0v) is 7.31. The lowest BCUT2D eigenvalue weighted by Gasteiger charge is -2.09. The molecule has 1 aliphatic rings. The number of amides is 1. The van der Waals surface area contributed by atoms with E-state index < -0.39 is 0 Å². The maximum Gasteiger partial charge on any atom is 0.237 e. The molecule has 1 atom stereocenters. The molecule has 0 unspecified atom stereocenters. The van der Waals surface area contributed by atoms with Crippen molar-refractivity contribution in [1.82, 2.24) is 10.6 Å². The molecule has 1 fully saturated rings. The molecule has 0 bridgehead atoms. The van der Waals surface area contributed by atoms with E-state index >= 15 is 0 Å². The highest BCUT2D eigenvalue weighted by molar-refractivity contribution is 5.81. The Balaban J connectivity index is 2.14. The summed E-state index contributed by atoms with van der Waals surface area (Å²) in [6.07, 6.45) is 4.74. The molecule has 0 saturated carbocycles. The van der Waals surface area contributed by atoms with Crippen LogP contribution in [0.1, 0.15) is 19.3 Å². The topological polar surface area (TPSA) is 41.1 Å². The van der Waals surface area contributed by atoms with Crippen LogP contribution in [0.4, 0.5) is 0 Å². The number of hydrogen-bond donors (Lipinski definition) is 2. The molecule has 12 heavy (non-hydrogen) atoms. The molecule has 0 aromatic rings. The summed E-state index contributed by atoms with van der Waals surface area (Å²) in [6, 6.07) is 0.0508. The second-order valence-electron chi connectivity index (χ2n) is 3.02. The normalized spacial score (nSPS) is 22.2. The van der Waals surface area contributed by atoms with Crippen LogP contribution in [0, 0.1) is 0 Å². The van der Waals surface area contributed by atoms with Crippen molar-refractivity contribution in [2.24, 2.45) is 0 Å². The molecular weight excluding hydrogens is 152 g/mol. The molecule has 0 spiro atoms. The first kappa shape index (κ1) is 9.26. The lowest BCUT2D eigenvalue weighted by Crippen LogP contribution is -2.40. The molecule has 1 amide bonds. The molecule has 0 aromatic heterocycles. The molecule has 3 heteroatoms. The fourth-order valence-corrected chi connectivity index (χ4v) is 1.33. The van der Waals surface area contributed by atoms with Gasteiger partial charge >= 0.3 is 0 Å². The van der Waals surface area contributed by atoms with Gasteiger partial charge in [-0.3, -0.25) is 4.79 Å². The largest absolute Gasteiger partial charge is 0.354 e. The molecule has 0 radical (unpaired) electrons. The van der Waals surface area contributed by atoms with Crippen LogP contribution >= 0.6 is 0 Å². The van der Waals surface area contributed by atoms with Gasteiger partial charge in [0.15, 0.2) is 0 Å². The number of carbonyl (C=O) groups excluding carboxylic acids is 1. The smallest absolute Gasteiger partial charge is 0.237 e. The number of hydrogen-bond acceptors (Lipinski definition) is 2. The third kappa shape index (κ3) is 2.66. The molecule has 1 rings (SSSR count). The van der Waals surface area contributed by atoms with Crippen LogP contribution in [0.25, 0.3) is 0 Å². The van der Waals surface area contributed by atoms with E-state index in [0.717, 1.165) is 25.8 Å². The molecule has 1 aliphatic heterocycles. The minimum atomic E-state index is 0.0508. The zero-order valence-electron chi connectivity index (χ0n) is 7.31. The third-order valence-electron chi connectivity index (χ3n) is 2.02. The zero-order chi connectivity index (χ0) is 8.81. The molecule has 0 aromatic carbocycles. The average Bonchev–Trinajstić information content (AvgIpc) is 2.56. The minimum Gasteiger partial charge on any atom is -0.354 e. The summed E-state index contributed by atoms with van der Waals surface area (Å²) in [5, 5.41) is 6.00. The van der Waals surface area contributed by atoms with Crippen LogP contribution in [0.3, 0.4) is 0 Å². The van der Waals surface area contributed by atoms with E-state index in [4.69, 9.17) is 0 Å². The standard InChI is InChI=1S/C9H16N2O/c1-2-3-6-11-9(12)8-5-4-7-10-8/h2,8,10H,1,3-7H2,(H,11,12)/t8-/m0/s1. The second kappa shape index (κ2) is 4.93. The summed E-state index contributed by atoms with van der Waals surface area (Å²) in [6.45, 7) is 5.27. The van der Waals surface area contributed by atoms with Crippen LogP contribution in [-0.4, -0.2) is 25.0 Å². The van der Waals surface area contributed by atoms with Gasteiger partial charge in [0.2, 0.25) is 5.91 Å². The van der Waals surface area contributed by atoms with Gasteiger partial charge in [-0.25, -0.2) is 0 Å². The molecule has 1 heterocycles. The van der Waals surface area contributed by atoms with Crippen molar-refractivity contribution in [3.8, 4) is 0 Å². The summed E-state index contributed by atoms with van der Waals surface area (Å²) >= 11 is 0. The van der Waals surface area contributed by atoms with Crippen LogP contribution in [-0.2, 0) is 4.79 Å². The lowest BCUT2D eigenvalue weighted by atomic mass is 10.2. The second-order valence-corrected chi connectivity index (χ2v) is 3.02. The maximum absolute atomic E-state index is 11.3. The van der Waals surface area contributed by atoms with Crippen LogP contribution < -0.4 is 10.6 Å². The highest BCUT2D eigenvalue weighted by Gasteiger charge is 2.20. The first-order valence-corrected chi connectivity index (χ1v) is 4.46. The number of nitrogens with one attached hydrogen (secondary N) is 2. The Hall–Kier alpha value is -0.830. The van der Waals surface area contributed by atoms with Crippen molar-refractivity contribution >= 4 is 5.91 Å². The monoisotopic (exact) mass is 168 g/mol. The first-order chi connectivity index (χ1) is 5.84. The molecule has 1 saturated heterocycles. The Morgan fingerprint density at radius 1 is 1.75 bits per heavy atom. The Labute approximate surface area is 73.2 Å². The fourth-order valence-electron chi connectivity index (χ4n) is 1.33. The van der Waals surface area contributed by atoms with Crippen molar-refractivity contribution in [1.29, 1.82) is 0 Å². The average molecular weight is 168 g/mol. The quantitative estimate of drug-likeness (QED) is 0.472. The maximum atomic E-state index is 11.3. The van der Waals surface area contributed by atoms with Crippen molar-refractivity contribution in [2.45, 2.75) is 25.3 Å². The van der Waals surface area contributed by atoms with E-state index in [2.05, 4.69) is 17.2 Å². The van der Waals surface area contributed by atoms with E-state index in [-0.39, 0.29) is 11.9 Å². The van der Waals surface area contributed by atoms with Gasteiger partial charge in [-0.1, -0.05) is 6.08 Å². The third-order valence-corrected chi connectivity index (χ3v) is 2.02. The van der Waals surface area contributed by atoms with Crippen molar-refractivity contribution < 1.29 is 4.79 Å². The van der Waals surface area contributed by atoms with Gasteiger partial charge in [0.1, 0.15) is 0 Å². The van der Waals surface area contributed by atoms with Gasteiger partial charge in [0.05, 0.1) is 6.04 Å². The van der Waals surface area contributed by atoms with Crippen LogP contribution in [0.15, 0.2) is 12.7 Å². The Bertz CT molecular complexity index is 162. The summed E-state index contributed by atoms with van der Waals surface area (Å²) < 4.78 is 0. The summed E-state index contributed by atoms with van der Waals surface area (Å²) in [4.78, 5) is 11.3. The van der Waals surface area contributed by atoms with E-state index in [1.807, 2.05) is 6.08 Å². The van der Waals surface area contributed by atoms with E-state index in [0.29, 0.717) is 6.54 Å². The van der Waals surface area contributed by atoms with Gasteiger partial charge in [-0.2, -0.15) is 0 Å². The van der Waals surface area contributed by atoms with Gasteiger partial charge in [0.25, 0.3) is 0 Å². The molecule has 2 N–H and O–H groups in total. The molecule has 68 valence electrons. The summed E-state index contributed by atoms with van der Waals surface area (Å²) in [5.74, 6) is 0.134. The van der Waals surface area contributed by atoms with E-state index in [1.165, 1.54) is 0 Å². The highest BCUT2D eigenvalue weighted by atomic mass is 16.2. The Kier molecular flexibility index (Phi) is 3.80. The van der Waals surface area contributed by atoms with Gasteiger partial charge in [0, 0.05) is 6.54 Å². The number of rotatable bonds is 4. The minimum absolute atomic E-state index is 0.0508. The fraction of sp³-hybridized carbons (Fsp3) is 0.667. The molecule has 0 aliphatic carbocycles. The highest BCUT2D eigenvalue weighted by Crippen LogP contribution is 2.04. The van der Waals surface area contributed by atoms with Crippen molar-refractivity contribution in [2.75, 3.05) is 13.1 Å². The predicted molar refractivity (Wildman–Crippen MR) is 48.8 cm³/mol. The molecule has 3 nitrogen and oxygen atoms in total. The number of carbonyl (C=O) groups is 1. The van der Waals surface area contributed by atoms with Crippen LogP contribution in [0.5, 0.6) is 0 Å². The Morgan fingerprint density at radius 2 is 2.58 bits per heavy atom. The Morgan fingerprint density at radius 3 is 3.17 bits per heavy atom. The van der Waals surface area contributed by atoms with E-state index in [9.17, 15) is 4.79 Å². The SMILES string of the molecule is C=CCCNC(=O)[C@@H]1CCCN1. The van der Waals surface area contributed by atoms with E-state index in [1.54, 1.807) is 0 Å². The van der Waals surface area contributed by atoms with Gasteiger partial charge in [-0.15, -0.1) is 6.58 Å². The summed E-state index contributed by atoms with van der Waals surface area (Å²) in [5.41, 5.74) is 0. The predicted octanol–water partition coefficient (Wildman–Crippen LogP) is 0.431. The van der Waals surface area contributed by atoms with Gasteiger partial charge in [-0.05, 0) is 25.8 Å². The lowest BCUT2D eigenvalue weighted by molar-refractivity contribution is -0.122. The summed E-state index contributed by atoms with van der Waals surface area (Å²) in [7, 11) is 0. The first-order valence-electron chi connectivity index (χ1n) is 4.46. The van der Waals surface area contributed by atoms with Crippen LogP contribution in [0.2, 0.25) is 0 Å².